The van der Waals surface area contributed by atoms with Gasteiger partial charge in [-0.3, -0.25) is 0 Å². The third-order valence-electron chi connectivity index (χ3n) is 7.03. The summed E-state index contributed by atoms with van der Waals surface area (Å²) in [5.74, 6) is -6.19. The Hall–Kier alpha value is -2.42. The summed E-state index contributed by atoms with van der Waals surface area (Å²) in [7, 11) is 0. The van der Waals surface area contributed by atoms with Gasteiger partial charge in [-0.2, -0.15) is 22.3 Å². The van der Waals surface area contributed by atoms with Crippen LogP contribution in [0, 0.1) is 47.9 Å². The van der Waals surface area contributed by atoms with E-state index in [0.717, 1.165) is 32.6 Å². The van der Waals surface area contributed by atoms with Crippen LogP contribution in [0.3, 0.4) is 0 Å². The highest BCUT2D eigenvalue weighted by Gasteiger charge is 2.42. The molecule has 0 N–H and O–H groups in total. The predicted molar refractivity (Wildman–Crippen MR) is 129 cm³/mol. The fourth-order valence-corrected chi connectivity index (χ4v) is 4.87. The molecule has 0 heterocycles. The van der Waals surface area contributed by atoms with E-state index in [1.807, 2.05) is 6.08 Å². The molecule has 4 rings (SSSR count). The highest BCUT2D eigenvalue weighted by molar-refractivity contribution is 7.59. The zero-order valence-corrected chi connectivity index (χ0v) is 20.8. The summed E-state index contributed by atoms with van der Waals surface area (Å²) in [6.07, 6.45) is 2.88. The van der Waals surface area contributed by atoms with Crippen LogP contribution in [0.25, 0.3) is 5.57 Å². The van der Waals surface area contributed by atoms with Crippen LogP contribution in [0.15, 0.2) is 42.2 Å². The third-order valence-corrected chi connectivity index (χ3v) is 7.03. The van der Waals surface area contributed by atoms with Crippen molar-refractivity contribution in [1.29, 1.82) is 0 Å². The maximum atomic E-state index is 14.9. The van der Waals surface area contributed by atoms with E-state index < -0.39 is 52.1 Å². The lowest BCUT2D eigenvalue weighted by atomic mass is 9.73. The molecule has 1 atom stereocenters. The number of allylic oxidation sites excluding steroid dienone is 4. The summed E-state index contributed by atoms with van der Waals surface area (Å²) in [5, 5.41) is 0. The molecule has 1 fully saturated rings. The molecule has 1 saturated carbocycles. The van der Waals surface area contributed by atoms with Gasteiger partial charge in [-0.1, -0.05) is 31.9 Å². The predicted octanol–water partition coefficient (Wildman–Crippen LogP) is 8.88. The molecular weight excluding hydrogens is 505 g/mol. The molecule has 36 heavy (non-hydrogen) atoms. The van der Waals surface area contributed by atoms with Crippen LogP contribution in [-0.2, 0) is 6.11 Å². The topological polar surface area (TPSA) is 9.23 Å². The molecule has 0 aliphatic heterocycles. The number of hydrogen-bond donors (Lipinski definition) is 0. The van der Waals surface area contributed by atoms with E-state index in [9.17, 15) is 30.7 Å². The molecule has 0 radical (unpaired) electrons. The van der Waals surface area contributed by atoms with Gasteiger partial charge in [0, 0.05) is 29.7 Å². The Labute approximate surface area is 212 Å². The second kappa shape index (κ2) is 10.9. The first-order chi connectivity index (χ1) is 16.5. The Morgan fingerprint density at radius 3 is 1.92 bits per heavy atom. The zero-order valence-electron chi connectivity index (χ0n) is 19.8. The van der Waals surface area contributed by atoms with Crippen molar-refractivity contribution in [2.45, 2.75) is 52.1 Å². The first-order valence-electron chi connectivity index (χ1n) is 11.6. The number of alkyl halides is 2. The molecule has 0 aromatic heterocycles. The second-order valence-corrected chi connectivity index (χ2v) is 9.51. The van der Waals surface area contributed by atoms with Gasteiger partial charge in [0.15, 0.2) is 0 Å². The minimum absolute atomic E-state index is 0. The Kier molecular flexibility index (Phi) is 8.53. The fraction of sp³-hybridized carbons (Fsp3) is 0.407. The Bertz CT molecular complexity index is 1140. The summed E-state index contributed by atoms with van der Waals surface area (Å²) in [6.45, 7) is 3.28. The summed E-state index contributed by atoms with van der Waals surface area (Å²) in [5.41, 5.74) is -2.45. The molecule has 2 aliphatic rings. The number of ether oxygens (including phenoxy) is 1. The normalized spacial score (nSPS) is 22.4. The average Bonchev–Trinajstić information content (AvgIpc) is 2.76. The molecule has 0 bridgehead atoms. The molecule has 0 amide bonds. The standard InChI is InChI=1S/C27H25F7O.H2S/c1-14-3-5-16(6-4-14)17-7-8-20(23(30)9-17)18-10-24(31)26(25(32)11-18)27(33,34)35-19-12-21(28)15(2)22(29)13-19;/h7-8,10-14,16-17H,3-6,9H2,1-2H3;1H2. The van der Waals surface area contributed by atoms with Crippen LogP contribution in [0.4, 0.5) is 30.7 Å². The third kappa shape index (κ3) is 5.76. The number of rotatable bonds is 5. The molecule has 9 heteroatoms. The van der Waals surface area contributed by atoms with Crippen molar-refractivity contribution in [3.05, 3.63) is 82.2 Å². The van der Waals surface area contributed by atoms with E-state index in [-0.39, 0.29) is 37.0 Å². The van der Waals surface area contributed by atoms with Gasteiger partial charge in [0.1, 0.15) is 40.4 Å². The number of benzene rings is 2. The van der Waals surface area contributed by atoms with Gasteiger partial charge in [-0.25, -0.2) is 22.0 Å². The first-order valence-corrected chi connectivity index (χ1v) is 11.6. The molecule has 0 spiro atoms. The van der Waals surface area contributed by atoms with Gasteiger partial charge >= 0.3 is 6.11 Å². The lowest BCUT2D eigenvalue weighted by Crippen LogP contribution is -2.25. The SMILES string of the molecule is Cc1c(F)cc(OC(F)(F)c2c(F)cc(C3=C(F)CC(C4CCC(C)CC4)C=C3)cc2F)cc1F.S. The molecule has 0 saturated heterocycles. The maximum Gasteiger partial charge on any atom is 0.432 e. The van der Waals surface area contributed by atoms with Gasteiger partial charge in [-0.05, 0) is 55.2 Å². The Morgan fingerprint density at radius 2 is 1.39 bits per heavy atom. The minimum atomic E-state index is -4.58. The lowest BCUT2D eigenvalue weighted by molar-refractivity contribution is -0.189. The van der Waals surface area contributed by atoms with E-state index >= 15 is 0 Å². The van der Waals surface area contributed by atoms with E-state index in [0.29, 0.717) is 36.1 Å². The van der Waals surface area contributed by atoms with Crippen LogP contribution < -0.4 is 4.74 Å². The van der Waals surface area contributed by atoms with Crippen molar-refractivity contribution in [2.24, 2.45) is 17.8 Å². The summed E-state index contributed by atoms with van der Waals surface area (Å²) in [4.78, 5) is 0. The van der Waals surface area contributed by atoms with Crippen molar-refractivity contribution in [2.75, 3.05) is 0 Å². The van der Waals surface area contributed by atoms with Crippen molar-refractivity contribution in [3.63, 3.8) is 0 Å². The average molecular weight is 533 g/mol. The van der Waals surface area contributed by atoms with Gasteiger partial charge < -0.3 is 4.74 Å². The molecule has 1 nitrogen and oxygen atoms in total. The highest BCUT2D eigenvalue weighted by atomic mass is 32.1. The zero-order chi connectivity index (χ0) is 25.5. The van der Waals surface area contributed by atoms with E-state index in [1.54, 1.807) is 0 Å². The van der Waals surface area contributed by atoms with Crippen LogP contribution in [0.5, 0.6) is 5.75 Å². The summed E-state index contributed by atoms with van der Waals surface area (Å²) in [6, 6.07) is 2.20. The Morgan fingerprint density at radius 1 is 0.833 bits per heavy atom. The minimum Gasteiger partial charge on any atom is -0.429 e. The number of hydrogen-bond acceptors (Lipinski definition) is 1. The quantitative estimate of drug-likeness (QED) is 0.350. The molecule has 2 aromatic rings. The first kappa shape index (κ1) is 28.2. The summed E-state index contributed by atoms with van der Waals surface area (Å²) >= 11 is 0. The van der Waals surface area contributed by atoms with Crippen LogP contribution in [0.1, 0.15) is 55.7 Å². The van der Waals surface area contributed by atoms with Crippen molar-refractivity contribution in [3.8, 4) is 5.75 Å². The smallest absolute Gasteiger partial charge is 0.429 e. The molecule has 1 unspecified atom stereocenters. The Balaban J connectivity index is 0.00000361. The highest BCUT2D eigenvalue weighted by Crippen LogP contribution is 2.42. The second-order valence-electron chi connectivity index (χ2n) is 9.51. The van der Waals surface area contributed by atoms with Gasteiger partial charge in [-0.15, -0.1) is 0 Å². The monoisotopic (exact) mass is 532 g/mol. The van der Waals surface area contributed by atoms with Crippen LogP contribution >= 0.6 is 13.5 Å². The maximum absolute atomic E-state index is 14.9. The summed E-state index contributed by atoms with van der Waals surface area (Å²) < 4.78 is 105. The lowest BCUT2D eigenvalue weighted by Gasteiger charge is -2.32. The molecule has 196 valence electrons. The van der Waals surface area contributed by atoms with Gasteiger partial charge in [0.05, 0.1) is 0 Å². The largest absolute Gasteiger partial charge is 0.432 e. The fourth-order valence-electron chi connectivity index (χ4n) is 4.87. The van der Waals surface area contributed by atoms with Crippen molar-refractivity contribution in [1.82, 2.24) is 0 Å². The molecular formula is C27H27F7OS. The van der Waals surface area contributed by atoms with E-state index in [4.69, 9.17) is 0 Å². The molecule has 2 aromatic carbocycles. The number of halogens is 7. The van der Waals surface area contributed by atoms with Crippen molar-refractivity contribution < 1.29 is 35.5 Å². The van der Waals surface area contributed by atoms with Crippen LogP contribution in [0.2, 0.25) is 0 Å². The van der Waals surface area contributed by atoms with Gasteiger partial charge in [0.2, 0.25) is 0 Å². The van der Waals surface area contributed by atoms with Crippen LogP contribution in [-0.4, -0.2) is 0 Å². The van der Waals surface area contributed by atoms with E-state index in [2.05, 4.69) is 11.7 Å². The van der Waals surface area contributed by atoms with Crippen molar-refractivity contribution >= 4 is 19.1 Å². The van der Waals surface area contributed by atoms with E-state index in [1.165, 1.54) is 6.08 Å². The van der Waals surface area contributed by atoms with Gasteiger partial charge in [0.25, 0.3) is 0 Å². The molecule has 2 aliphatic carbocycles.